The van der Waals surface area contributed by atoms with Crippen molar-refractivity contribution in [2.75, 3.05) is 26.2 Å². The van der Waals surface area contributed by atoms with Crippen molar-refractivity contribution in [3.63, 3.8) is 0 Å². The monoisotopic (exact) mass is 375 g/mol. The summed E-state index contributed by atoms with van der Waals surface area (Å²) in [6.45, 7) is 3.23. The van der Waals surface area contributed by atoms with Crippen LogP contribution in [0.2, 0.25) is 0 Å². The molecule has 0 spiro atoms. The second kappa shape index (κ2) is 10.6. The first-order valence-electron chi connectivity index (χ1n) is 8.43. The number of carbonyl (C=O) groups is 1. The molecule has 7 heteroatoms. The van der Waals surface area contributed by atoms with Crippen LogP contribution in [0.1, 0.15) is 38.5 Å². The summed E-state index contributed by atoms with van der Waals surface area (Å²) in [4.78, 5) is 20.9. The van der Waals surface area contributed by atoms with Crippen molar-refractivity contribution in [3.8, 4) is 5.75 Å². The number of likely N-dealkylation sites (tertiary alicyclic amines) is 2. The Morgan fingerprint density at radius 1 is 1.12 bits per heavy atom. The zero-order chi connectivity index (χ0) is 15.2. The first kappa shape index (κ1) is 20.8. The molecule has 0 N–H and O–H groups in total. The molecule has 0 saturated carbocycles. The fraction of sp³-hybridized carbons (Fsp3) is 0.647. The lowest BCUT2D eigenvalue weighted by atomic mass is 10.0. The van der Waals surface area contributed by atoms with E-state index in [2.05, 4.69) is 4.98 Å². The van der Waals surface area contributed by atoms with Gasteiger partial charge in [-0.3, -0.25) is 4.98 Å². The van der Waals surface area contributed by atoms with Gasteiger partial charge >= 0.3 is 6.03 Å². The second-order valence-corrected chi connectivity index (χ2v) is 6.17. The van der Waals surface area contributed by atoms with Gasteiger partial charge in [0.05, 0.1) is 12.2 Å². The SMILES string of the molecule is Cl.Cl.O=C(N1CCCCC1)N1CCCCC1COc1cccnc1. The van der Waals surface area contributed by atoms with Crippen molar-refractivity contribution < 1.29 is 9.53 Å². The van der Waals surface area contributed by atoms with Crippen molar-refractivity contribution in [1.29, 1.82) is 0 Å². The quantitative estimate of drug-likeness (QED) is 0.807. The Bertz CT molecular complexity index is 484. The molecule has 2 aliphatic rings. The lowest BCUT2D eigenvalue weighted by Gasteiger charge is -2.40. The molecular formula is C17H27Cl2N3O2. The fourth-order valence-electron chi connectivity index (χ4n) is 3.32. The number of hydrogen-bond donors (Lipinski definition) is 0. The van der Waals surface area contributed by atoms with Crippen LogP contribution in [0.15, 0.2) is 24.5 Å². The van der Waals surface area contributed by atoms with Crippen LogP contribution in [-0.4, -0.2) is 53.1 Å². The summed E-state index contributed by atoms with van der Waals surface area (Å²) >= 11 is 0. The topological polar surface area (TPSA) is 45.7 Å². The molecular weight excluding hydrogens is 349 g/mol. The van der Waals surface area contributed by atoms with Crippen molar-refractivity contribution in [2.45, 2.75) is 44.6 Å². The van der Waals surface area contributed by atoms with Crippen LogP contribution in [0.25, 0.3) is 0 Å². The number of hydrogen-bond acceptors (Lipinski definition) is 3. The highest BCUT2D eigenvalue weighted by atomic mass is 35.5. The number of pyridine rings is 1. The molecule has 1 unspecified atom stereocenters. The molecule has 24 heavy (non-hydrogen) atoms. The third kappa shape index (κ3) is 5.42. The van der Waals surface area contributed by atoms with Gasteiger partial charge in [-0.15, -0.1) is 24.8 Å². The van der Waals surface area contributed by atoms with Gasteiger partial charge in [0.15, 0.2) is 0 Å². The van der Waals surface area contributed by atoms with Gasteiger partial charge < -0.3 is 14.5 Å². The number of urea groups is 1. The van der Waals surface area contributed by atoms with E-state index in [4.69, 9.17) is 4.74 Å². The van der Waals surface area contributed by atoms with Crippen molar-refractivity contribution in [1.82, 2.24) is 14.8 Å². The van der Waals surface area contributed by atoms with Gasteiger partial charge in [0.1, 0.15) is 12.4 Å². The van der Waals surface area contributed by atoms with E-state index in [-0.39, 0.29) is 36.9 Å². The maximum Gasteiger partial charge on any atom is 0.320 e. The van der Waals surface area contributed by atoms with Crippen LogP contribution < -0.4 is 4.74 Å². The lowest BCUT2D eigenvalue weighted by molar-refractivity contribution is 0.0866. The highest BCUT2D eigenvalue weighted by Crippen LogP contribution is 2.21. The van der Waals surface area contributed by atoms with Gasteiger partial charge in [-0.05, 0) is 50.7 Å². The molecule has 2 aliphatic heterocycles. The van der Waals surface area contributed by atoms with Crippen molar-refractivity contribution >= 4 is 30.8 Å². The summed E-state index contributed by atoms with van der Waals surface area (Å²) in [6, 6.07) is 4.17. The molecule has 0 aromatic carbocycles. The standard InChI is InChI=1S/C17H25N3O2.2ClH/c21-17(19-10-3-1-4-11-19)20-12-5-2-7-15(20)14-22-16-8-6-9-18-13-16;;/h6,8-9,13,15H,1-5,7,10-12,14H2;2*1H. The lowest BCUT2D eigenvalue weighted by Crippen LogP contribution is -2.53. The van der Waals surface area contributed by atoms with Gasteiger partial charge in [-0.2, -0.15) is 0 Å². The predicted octanol–water partition coefficient (Wildman–Crippen LogP) is 3.76. The Labute approximate surface area is 156 Å². The van der Waals surface area contributed by atoms with Crippen LogP contribution in [-0.2, 0) is 0 Å². The van der Waals surface area contributed by atoms with Gasteiger partial charge in [-0.25, -0.2) is 4.79 Å². The van der Waals surface area contributed by atoms with Crippen LogP contribution in [0.4, 0.5) is 4.79 Å². The number of carbonyl (C=O) groups excluding carboxylic acids is 1. The van der Waals surface area contributed by atoms with Gasteiger partial charge in [0.2, 0.25) is 0 Å². The van der Waals surface area contributed by atoms with Crippen molar-refractivity contribution in [3.05, 3.63) is 24.5 Å². The first-order chi connectivity index (χ1) is 10.8. The van der Waals surface area contributed by atoms with E-state index in [1.807, 2.05) is 21.9 Å². The van der Waals surface area contributed by atoms with E-state index in [9.17, 15) is 4.79 Å². The number of halogens is 2. The smallest absolute Gasteiger partial charge is 0.320 e. The molecule has 1 aromatic rings. The third-order valence-electron chi connectivity index (χ3n) is 4.58. The van der Waals surface area contributed by atoms with Crippen LogP contribution in [0.5, 0.6) is 5.75 Å². The summed E-state index contributed by atoms with van der Waals surface area (Å²) in [6.07, 6.45) is 10.3. The molecule has 3 rings (SSSR count). The Hall–Kier alpha value is -1.20. The van der Waals surface area contributed by atoms with Crippen molar-refractivity contribution in [2.24, 2.45) is 0 Å². The number of nitrogens with zero attached hydrogens (tertiary/aromatic N) is 3. The molecule has 3 heterocycles. The number of rotatable bonds is 3. The van der Waals surface area contributed by atoms with Crippen LogP contribution in [0.3, 0.4) is 0 Å². The molecule has 2 saturated heterocycles. The summed E-state index contributed by atoms with van der Waals surface area (Å²) in [5, 5.41) is 0. The van der Waals surface area contributed by atoms with Crippen LogP contribution >= 0.6 is 24.8 Å². The fourth-order valence-corrected chi connectivity index (χ4v) is 3.32. The van der Waals surface area contributed by atoms with E-state index in [1.54, 1.807) is 12.4 Å². The maximum absolute atomic E-state index is 12.8. The largest absolute Gasteiger partial charge is 0.490 e. The molecule has 0 radical (unpaired) electrons. The molecule has 1 atom stereocenters. The second-order valence-electron chi connectivity index (χ2n) is 6.17. The molecule has 1 aromatic heterocycles. The number of piperidine rings is 2. The van der Waals surface area contributed by atoms with E-state index in [1.165, 1.54) is 12.8 Å². The van der Waals surface area contributed by atoms with E-state index >= 15 is 0 Å². The van der Waals surface area contributed by atoms with Gasteiger partial charge in [0.25, 0.3) is 0 Å². The number of ether oxygens (including phenoxy) is 1. The Kier molecular flexibility index (Phi) is 9.22. The Morgan fingerprint density at radius 2 is 1.88 bits per heavy atom. The summed E-state index contributed by atoms with van der Waals surface area (Å²) < 4.78 is 5.84. The molecule has 136 valence electrons. The summed E-state index contributed by atoms with van der Waals surface area (Å²) in [5.74, 6) is 0.776. The Balaban J connectivity index is 0.00000144. The van der Waals surface area contributed by atoms with E-state index in [0.717, 1.165) is 51.1 Å². The third-order valence-corrected chi connectivity index (χ3v) is 4.58. The zero-order valence-corrected chi connectivity index (χ0v) is 15.6. The number of aromatic nitrogens is 1. The molecule has 0 bridgehead atoms. The molecule has 2 amide bonds. The van der Waals surface area contributed by atoms with Crippen LogP contribution in [0, 0.1) is 0 Å². The minimum atomic E-state index is 0. The number of amides is 2. The highest BCUT2D eigenvalue weighted by molar-refractivity contribution is 5.85. The maximum atomic E-state index is 12.8. The average Bonchev–Trinajstić information content (AvgIpc) is 2.61. The predicted molar refractivity (Wildman–Crippen MR) is 99.4 cm³/mol. The zero-order valence-electron chi connectivity index (χ0n) is 13.9. The van der Waals surface area contributed by atoms with E-state index in [0.29, 0.717) is 6.61 Å². The first-order valence-corrected chi connectivity index (χ1v) is 8.43. The van der Waals surface area contributed by atoms with E-state index < -0.39 is 0 Å². The average molecular weight is 376 g/mol. The minimum Gasteiger partial charge on any atom is -0.490 e. The summed E-state index contributed by atoms with van der Waals surface area (Å²) in [5.41, 5.74) is 0. The molecule has 5 nitrogen and oxygen atoms in total. The summed E-state index contributed by atoms with van der Waals surface area (Å²) in [7, 11) is 0. The minimum absolute atomic E-state index is 0. The van der Waals surface area contributed by atoms with Gasteiger partial charge in [-0.1, -0.05) is 0 Å². The molecule has 0 aliphatic carbocycles. The normalized spacial score (nSPS) is 20.6. The Morgan fingerprint density at radius 3 is 2.58 bits per heavy atom. The highest BCUT2D eigenvalue weighted by Gasteiger charge is 2.30. The molecule has 2 fully saturated rings. The van der Waals surface area contributed by atoms with Gasteiger partial charge in [0, 0.05) is 25.8 Å².